The number of fused-ring (bicyclic) bond motifs is 1. The van der Waals surface area contributed by atoms with E-state index in [1.54, 1.807) is 11.9 Å². The summed E-state index contributed by atoms with van der Waals surface area (Å²) in [6, 6.07) is 7.81. The number of para-hydroxylation sites is 1. The molecule has 0 spiro atoms. The van der Waals surface area contributed by atoms with Crippen LogP contribution in [0.15, 0.2) is 54.1 Å². The third kappa shape index (κ3) is 3.58. The first-order valence-electron chi connectivity index (χ1n) is 6.83. The molecule has 0 atom stereocenters. The van der Waals surface area contributed by atoms with Crippen molar-refractivity contribution < 1.29 is 9.53 Å². The Hall–Kier alpha value is -1.94. The molecule has 0 aliphatic carbocycles. The second-order valence-electron chi connectivity index (χ2n) is 4.61. The van der Waals surface area contributed by atoms with E-state index in [9.17, 15) is 4.79 Å². The van der Waals surface area contributed by atoms with Crippen LogP contribution in [-0.4, -0.2) is 17.1 Å². The molecule has 0 fully saturated rings. The average molecular weight is 301 g/mol. The quantitative estimate of drug-likeness (QED) is 0.567. The maximum absolute atomic E-state index is 11.9. The van der Waals surface area contributed by atoms with Gasteiger partial charge in [0.1, 0.15) is 0 Å². The van der Waals surface area contributed by atoms with Gasteiger partial charge < -0.3 is 4.74 Å². The van der Waals surface area contributed by atoms with Crippen LogP contribution in [0.5, 0.6) is 0 Å². The molecular weight excluding hydrogens is 282 g/mol. The minimum absolute atomic E-state index is 0.315. The number of nitrogens with zero attached hydrogens (tertiary/aromatic N) is 1. The minimum atomic E-state index is -0.315. The molecule has 0 bridgehead atoms. The number of ether oxygens (including phenoxy) is 1. The summed E-state index contributed by atoms with van der Waals surface area (Å²) >= 11 is 1.55. The van der Waals surface area contributed by atoms with Gasteiger partial charge in [0.25, 0.3) is 0 Å². The summed E-state index contributed by atoms with van der Waals surface area (Å²) in [7, 11) is 1.40. The first-order chi connectivity index (χ1) is 10.2. The Bertz CT molecular complexity index is 685. The molecule has 3 nitrogen and oxygen atoms in total. The summed E-state index contributed by atoms with van der Waals surface area (Å²) < 4.78 is 6.83. The highest BCUT2D eigenvalue weighted by Gasteiger charge is 2.15. The monoisotopic (exact) mass is 301 g/mol. The molecule has 0 aliphatic rings. The number of rotatable bonds is 6. The molecule has 4 heteroatoms. The summed E-state index contributed by atoms with van der Waals surface area (Å²) in [6.07, 6.45) is 7.88. The van der Waals surface area contributed by atoms with Gasteiger partial charge in [-0.3, -0.25) is 3.97 Å². The number of hydrogen-bond donors (Lipinski definition) is 0. The highest BCUT2D eigenvalue weighted by molar-refractivity contribution is 8.01. The van der Waals surface area contributed by atoms with Crippen LogP contribution in [0, 0.1) is 0 Å². The summed E-state index contributed by atoms with van der Waals surface area (Å²) in [6.45, 7) is 6.11. The number of hydrogen-bond acceptors (Lipinski definition) is 3. The molecule has 1 heterocycles. The third-order valence-corrected chi connectivity index (χ3v) is 4.10. The Balaban J connectivity index is 2.27. The summed E-state index contributed by atoms with van der Waals surface area (Å²) in [5.74, 6) is -0.315. The normalized spacial score (nSPS) is 11.1. The molecule has 2 aromatic rings. The molecule has 0 saturated carbocycles. The van der Waals surface area contributed by atoms with Gasteiger partial charge in [0.05, 0.1) is 18.2 Å². The second-order valence-corrected chi connectivity index (χ2v) is 5.77. The number of allylic oxidation sites excluding steroid dienone is 3. The van der Waals surface area contributed by atoms with Crippen molar-refractivity contribution in [3.63, 3.8) is 0 Å². The number of carbonyl (C=O) groups excluding carboxylic acids is 1. The van der Waals surface area contributed by atoms with E-state index in [1.807, 2.05) is 47.4 Å². The fraction of sp³-hybridized carbons (Fsp3) is 0.235. The predicted octanol–water partition coefficient (Wildman–Crippen LogP) is 4.79. The lowest BCUT2D eigenvalue weighted by molar-refractivity contribution is 0.0603. The largest absolute Gasteiger partial charge is 0.465 e. The van der Waals surface area contributed by atoms with Gasteiger partial charge in [0.2, 0.25) is 0 Å². The lowest BCUT2D eigenvalue weighted by Gasteiger charge is -2.06. The van der Waals surface area contributed by atoms with Crippen LogP contribution >= 0.6 is 11.9 Å². The SMILES string of the molecule is C=C(CC/C=C\C)Sn1cc(C(=O)OC)c2ccccc21. The van der Waals surface area contributed by atoms with Crippen LogP contribution in [0.25, 0.3) is 10.9 Å². The van der Waals surface area contributed by atoms with Crippen LogP contribution in [-0.2, 0) is 4.74 Å². The first-order valence-corrected chi connectivity index (χ1v) is 7.60. The Morgan fingerprint density at radius 2 is 2.19 bits per heavy atom. The van der Waals surface area contributed by atoms with E-state index in [2.05, 4.69) is 12.7 Å². The van der Waals surface area contributed by atoms with Crippen molar-refractivity contribution in [2.24, 2.45) is 0 Å². The van der Waals surface area contributed by atoms with Crippen LogP contribution in [0.2, 0.25) is 0 Å². The minimum Gasteiger partial charge on any atom is -0.465 e. The van der Waals surface area contributed by atoms with E-state index in [0.717, 1.165) is 28.6 Å². The number of methoxy groups -OCH3 is 1. The fourth-order valence-corrected chi connectivity index (χ4v) is 3.00. The standard InChI is InChI=1S/C17H19NO2S/c1-4-5-6-9-13(2)21-18-12-15(17(19)20-3)14-10-7-8-11-16(14)18/h4-5,7-8,10-12H,2,6,9H2,1,3H3/b5-4-. The van der Waals surface area contributed by atoms with E-state index in [4.69, 9.17) is 4.74 Å². The Labute approximate surface area is 129 Å². The number of aromatic nitrogens is 1. The van der Waals surface area contributed by atoms with E-state index in [0.29, 0.717) is 5.56 Å². The second kappa shape index (κ2) is 7.18. The van der Waals surface area contributed by atoms with E-state index in [1.165, 1.54) is 7.11 Å². The van der Waals surface area contributed by atoms with Crippen molar-refractivity contribution in [3.05, 3.63) is 59.7 Å². The zero-order valence-electron chi connectivity index (χ0n) is 12.3. The number of carbonyl (C=O) groups is 1. The van der Waals surface area contributed by atoms with Crippen molar-refractivity contribution in [3.8, 4) is 0 Å². The molecular formula is C17H19NO2S. The Morgan fingerprint density at radius 1 is 1.43 bits per heavy atom. The number of benzene rings is 1. The molecule has 0 unspecified atom stereocenters. The van der Waals surface area contributed by atoms with Crippen LogP contribution < -0.4 is 0 Å². The average Bonchev–Trinajstić information content (AvgIpc) is 2.86. The van der Waals surface area contributed by atoms with E-state index in [-0.39, 0.29) is 5.97 Å². The molecule has 2 rings (SSSR count). The van der Waals surface area contributed by atoms with Crippen LogP contribution in [0.1, 0.15) is 30.1 Å². The lowest BCUT2D eigenvalue weighted by Crippen LogP contribution is -1.99. The first kappa shape index (κ1) is 15.4. The van der Waals surface area contributed by atoms with Crippen LogP contribution in [0.3, 0.4) is 0 Å². The summed E-state index contributed by atoms with van der Waals surface area (Å²) in [5.41, 5.74) is 1.58. The van der Waals surface area contributed by atoms with Crippen molar-refractivity contribution in [1.82, 2.24) is 3.97 Å². The van der Waals surface area contributed by atoms with Gasteiger partial charge in [-0.1, -0.05) is 36.9 Å². The molecule has 0 amide bonds. The zero-order chi connectivity index (χ0) is 15.2. The van der Waals surface area contributed by atoms with Crippen molar-refractivity contribution >= 4 is 28.8 Å². The molecule has 0 aliphatic heterocycles. The van der Waals surface area contributed by atoms with E-state index >= 15 is 0 Å². The predicted molar refractivity (Wildman–Crippen MR) is 89.5 cm³/mol. The molecule has 0 radical (unpaired) electrons. The van der Waals surface area contributed by atoms with Gasteiger partial charge in [0, 0.05) is 11.6 Å². The van der Waals surface area contributed by atoms with Gasteiger partial charge in [-0.2, -0.15) is 0 Å². The maximum Gasteiger partial charge on any atom is 0.340 e. The number of esters is 1. The van der Waals surface area contributed by atoms with Gasteiger partial charge in [-0.15, -0.1) is 0 Å². The molecule has 1 aromatic heterocycles. The lowest BCUT2D eigenvalue weighted by atomic mass is 10.2. The highest BCUT2D eigenvalue weighted by Crippen LogP contribution is 2.30. The van der Waals surface area contributed by atoms with Gasteiger partial charge in [0.15, 0.2) is 0 Å². The maximum atomic E-state index is 11.9. The van der Waals surface area contributed by atoms with Crippen molar-refractivity contribution in [1.29, 1.82) is 0 Å². The summed E-state index contributed by atoms with van der Waals surface area (Å²) in [4.78, 5) is 12.9. The topological polar surface area (TPSA) is 31.2 Å². The Morgan fingerprint density at radius 3 is 2.90 bits per heavy atom. The molecule has 0 saturated heterocycles. The Kier molecular flexibility index (Phi) is 5.28. The van der Waals surface area contributed by atoms with E-state index < -0.39 is 0 Å². The van der Waals surface area contributed by atoms with Gasteiger partial charge >= 0.3 is 5.97 Å². The van der Waals surface area contributed by atoms with Gasteiger partial charge in [-0.05, 0) is 42.7 Å². The molecule has 1 aromatic carbocycles. The zero-order valence-corrected chi connectivity index (χ0v) is 13.2. The molecule has 110 valence electrons. The van der Waals surface area contributed by atoms with Crippen LogP contribution in [0.4, 0.5) is 0 Å². The fourth-order valence-electron chi connectivity index (χ4n) is 2.09. The molecule has 21 heavy (non-hydrogen) atoms. The van der Waals surface area contributed by atoms with Crippen molar-refractivity contribution in [2.45, 2.75) is 19.8 Å². The third-order valence-electron chi connectivity index (χ3n) is 3.14. The molecule has 0 N–H and O–H groups in total. The highest BCUT2D eigenvalue weighted by atomic mass is 32.2. The smallest absolute Gasteiger partial charge is 0.340 e. The van der Waals surface area contributed by atoms with Crippen molar-refractivity contribution in [2.75, 3.05) is 7.11 Å². The van der Waals surface area contributed by atoms with Gasteiger partial charge in [-0.25, -0.2) is 4.79 Å². The summed E-state index contributed by atoms with van der Waals surface area (Å²) in [5, 5.41) is 0.901.